The van der Waals surface area contributed by atoms with Crippen LogP contribution in [0.2, 0.25) is 0 Å². The lowest BCUT2D eigenvalue weighted by molar-refractivity contribution is 0.656. The van der Waals surface area contributed by atoms with Crippen LogP contribution in [0.15, 0.2) is 86.0 Å². The van der Waals surface area contributed by atoms with Gasteiger partial charge in [0, 0.05) is 50.3 Å². The van der Waals surface area contributed by atoms with Crippen molar-refractivity contribution in [3.8, 4) is 0 Å². The lowest BCUT2D eigenvalue weighted by atomic mass is 10.4. The van der Waals surface area contributed by atoms with Gasteiger partial charge in [-0.1, -0.05) is 12.2 Å². The van der Waals surface area contributed by atoms with Crippen LogP contribution in [0.25, 0.3) is 24.6 Å². The molecule has 8 nitrogen and oxygen atoms in total. The third-order valence-electron chi connectivity index (χ3n) is 4.24. The summed E-state index contributed by atoms with van der Waals surface area (Å²) < 4.78 is 7.55. The molecule has 0 aromatic carbocycles. The summed E-state index contributed by atoms with van der Waals surface area (Å²) in [5.41, 5.74) is 0. The number of hydrogen-bond donors (Lipinski definition) is 0. The number of allylic oxidation sites excluding steroid dienone is 4. The molecular weight excluding hydrogens is 400 g/mol. The topological polar surface area (TPSA) is 71.3 Å². The van der Waals surface area contributed by atoms with Crippen LogP contribution in [-0.2, 0) is 13.1 Å². The third-order valence-corrected chi connectivity index (χ3v) is 4.24. The summed E-state index contributed by atoms with van der Waals surface area (Å²) in [4.78, 5) is 8.29. The van der Waals surface area contributed by atoms with E-state index in [4.69, 9.17) is 0 Å². The fourth-order valence-electron chi connectivity index (χ4n) is 2.55. The van der Waals surface area contributed by atoms with E-state index >= 15 is 0 Å². The Balaban J connectivity index is 0.000000181. The van der Waals surface area contributed by atoms with E-state index in [2.05, 4.69) is 20.2 Å². The maximum absolute atomic E-state index is 4.24. The van der Waals surface area contributed by atoms with Crippen molar-refractivity contribution in [3.05, 3.63) is 97.7 Å². The predicted octanol–water partition coefficient (Wildman–Crippen LogP) is 4.57. The summed E-state index contributed by atoms with van der Waals surface area (Å²) in [5, 5.41) is 8.48. The molecule has 0 aliphatic heterocycles. The third kappa shape index (κ3) is 7.56. The molecular formula is C24H28N8. The second-order valence-corrected chi connectivity index (χ2v) is 6.58. The summed E-state index contributed by atoms with van der Waals surface area (Å²) in [6, 6.07) is 7.94. The summed E-state index contributed by atoms with van der Waals surface area (Å²) in [7, 11) is 0. The molecule has 0 saturated carbocycles. The van der Waals surface area contributed by atoms with Gasteiger partial charge in [0.25, 0.3) is 0 Å². The van der Waals surface area contributed by atoms with Crippen molar-refractivity contribution in [2.75, 3.05) is 0 Å². The predicted molar refractivity (Wildman–Crippen MR) is 129 cm³/mol. The van der Waals surface area contributed by atoms with Gasteiger partial charge in [-0.05, 0) is 62.4 Å². The molecule has 0 unspecified atom stereocenters. The van der Waals surface area contributed by atoms with Crippen LogP contribution in [0.3, 0.4) is 0 Å². The van der Waals surface area contributed by atoms with Crippen LogP contribution in [-0.4, -0.2) is 38.7 Å². The van der Waals surface area contributed by atoms with Gasteiger partial charge < -0.3 is 9.13 Å². The van der Waals surface area contributed by atoms with E-state index in [-0.39, 0.29) is 0 Å². The second kappa shape index (κ2) is 12.5. The molecule has 4 aromatic heterocycles. The van der Waals surface area contributed by atoms with Crippen LogP contribution in [0, 0.1) is 0 Å². The molecule has 8 heteroatoms. The van der Waals surface area contributed by atoms with Crippen molar-refractivity contribution in [2.24, 2.45) is 0 Å². The summed E-state index contributed by atoms with van der Waals surface area (Å²) in [6.45, 7) is 5.77. The van der Waals surface area contributed by atoms with Gasteiger partial charge in [-0.3, -0.25) is 9.36 Å². The van der Waals surface area contributed by atoms with Gasteiger partial charge in [-0.25, -0.2) is 9.97 Å². The van der Waals surface area contributed by atoms with Crippen molar-refractivity contribution in [1.29, 1.82) is 0 Å². The Morgan fingerprint density at radius 1 is 0.625 bits per heavy atom. The molecule has 0 aliphatic rings. The van der Waals surface area contributed by atoms with Gasteiger partial charge in [-0.2, -0.15) is 10.2 Å². The van der Waals surface area contributed by atoms with Gasteiger partial charge in [0.2, 0.25) is 0 Å². The van der Waals surface area contributed by atoms with Gasteiger partial charge >= 0.3 is 0 Å². The smallest absolute Gasteiger partial charge is 0.173 e. The van der Waals surface area contributed by atoms with Crippen molar-refractivity contribution in [1.82, 2.24) is 38.7 Å². The van der Waals surface area contributed by atoms with Crippen molar-refractivity contribution in [2.45, 2.75) is 26.9 Å². The summed E-state index contributed by atoms with van der Waals surface area (Å²) in [6.07, 6.45) is 26.8. The zero-order valence-electron chi connectivity index (χ0n) is 18.4. The molecule has 0 radical (unpaired) electrons. The average Bonchev–Trinajstić information content (AvgIpc) is 3.63. The molecule has 164 valence electrons. The van der Waals surface area contributed by atoms with Gasteiger partial charge in [0.15, 0.2) is 11.6 Å². The van der Waals surface area contributed by atoms with E-state index < -0.39 is 0 Å². The van der Waals surface area contributed by atoms with Crippen LogP contribution in [0.5, 0.6) is 0 Å². The Labute approximate surface area is 188 Å². The van der Waals surface area contributed by atoms with Gasteiger partial charge in [0.05, 0.1) is 0 Å². The second-order valence-electron chi connectivity index (χ2n) is 6.58. The zero-order valence-corrected chi connectivity index (χ0v) is 18.4. The van der Waals surface area contributed by atoms with E-state index in [1.165, 1.54) is 0 Å². The number of hydrogen-bond acceptors (Lipinski definition) is 4. The highest BCUT2D eigenvalue weighted by Gasteiger charge is 1.93. The minimum Gasteiger partial charge on any atom is -0.331 e. The minimum atomic E-state index is 0.735. The first-order chi connectivity index (χ1) is 15.8. The fourth-order valence-corrected chi connectivity index (χ4v) is 2.55. The molecule has 4 heterocycles. The first-order valence-electron chi connectivity index (χ1n) is 10.5. The maximum Gasteiger partial charge on any atom is 0.173 e. The van der Waals surface area contributed by atoms with E-state index in [0.717, 1.165) is 24.7 Å². The maximum atomic E-state index is 4.24. The molecule has 0 N–H and O–H groups in total. The van der Waals surface area contributed by atoms with Crippen LogP contribution < -0.4 is 0 Å². The SMILES string of the molecule is CCn1cnc(/C=C\C=C\n2cccc2)n1.CCn1cnc(/C=C\C=C\n2cccc2)n1. The average molecular weight is 429 g/mol. The van der Waals surface area contributed by atoms with Crippen LogP contribution in [0.4, 0.5) is 0 Å². The van der Waals surface area contributed by atoms with E-state index in [0.29, 0.717) is 0 Å². The Kier molecular flexibility index (Phi) is 8.77. The molecule has 4 aromatic rings. The fraction of sp³-hybridized carbons (Fsp3) is 0.167. The molecule has 0 fully saturated rings. The molecule has 32 heavy (non-hydrogen) atoms. The summed E-state index contributed by atoms with van der Waals surface area (Å²) in [5.74, 6) is 1.47. The van der Waals surface area contributed by atoms with Crippen molar-refractivity contribution < 1.29 is 0 Å². The van der Waals surface area contributed by atoms with E-state index in [1.54, 1.807) is 22.0 Å². The van der Waals surface area contributed by atoms with Crippen molar-refractivity contribution in [3.63, 3.8) is 0 Å². The standard InChI is InChI=1S/2C12H14N4/c2*1-2-16-11-13-12(14-16)7-3-4-8-15-9-5-6-10-15/h2*3-11H,2H2,1H3/b2*7-3-,8-4+. The van der Waals surface area contributed by atoms with Crippen LogP contribution >= 0.6 is 0 Å². The summed E-state index contributed by atoms with van der Waals surface area (Å²) >= 11 is 0. The molecule has 0 amide bonds. The van der Waals surface area contributed by atoms with E-state index in [1.807, 2.05) is 121 Å². The molecule has 0 atom stereocenters. The lowest BCUT2D eigenvalue weighted by Crippen LogP contribution is -1.93. The minimum absolute atomic E-state index is 0.735. The zero-order chi connectivity index (χ0) is 22.4. The van der Waals surface area contributed by atoms with Gasteiger partial charge in [-0.15, -0.1) is 0 Å². The Morgan fingerprint density at radius 3 is 1.38 bits per heavy atom. The lowest BCUT2D eigenvalue weighted by Gasteiger charge is -1.88. The van der Waals surface area contributed by atoms with Crippen LogP contribution in [0.1, 0.15) is 25.5 Å². The quantitative estimate of drug-likeness (QED) is 0.386. The number of aryl methyl sites for hydroxylation is 2. The van der Waals surface area contributed by atoms with E-state index in [9.17, 15) is 0 Å². The monoisotopic (exact) mass is 428 g/mol. The molecule has 0 aliphatic carbocycles. The van der Waals surface area contributed by atoms with Gasteiger partial charge in [0.1, 0.15) is 12.7 Å². The first kappa shape index (κ1) is 22.5. The number of nitrogens with zero attached hydrogens (tertiary/aromatic N) is 8. The molecule has 0 saturated heterocycles. The highest BCUT2D eigenvalue weighted by molar-refractivity contribution is 5.45. The number of rotatable bonds is 8. The normalized spacial score (nSPS) is 11.8. The first-order valence-corrected chi connectivity index (χ1v) is 10.5. The molecule has 0 bridgehead atoms. The Hall–Kier alpha value is -4.20. The molecule has 0 spiro atoms. The van der Waals surface area contributed by atoms with Crippen molar-refractivity contribution >= 4 is 24.6 Å². The largest absolute Gasteiger partial charge is 0.331 e. The highest BCUT2D eigenvalue weighted by atomic mass is 15.3. The molecule has 4 rings (SSSR count). The Bertz CT molecular complexity index is 1050. The Morgan fingerprint density at radius 2 is 1.03 bits per heavy atom. The number of aromatic nitrogens is 8. The highest BCUT2D eigenvalue weighted by Crippen LogP contribution is 1.97.